The lowest BCUT2D eigenvalue weighted by molar-refractivity contribution is 0.399. The molecule has 1 aromatic heterocycles. The van der Waals surface area contributed by atoms with Crippen molar-refractivity contribution in [3.05, 3.63) is 22.3 Å². The number of H-pyrrole nitrogens is 1. The Kier molecular flexibility index (Phi) is 3.47. The minimum atomic E-state index is 0.492. The number of methoxy groups -OCH3 is 2. The van der Waals surface area contributed by atoms with Gasteiger partial charge in [0.05, 0.1) is 24.9 Å². The predicted octanol–water partition coefficient (Wildman–Crippen LogP) is 2.75. The van der Waals surface area contributed by atoms with Gasteiger partial charge in [0.25, 0.3) is 0 Å². The number of hydrogen-bond donors (Lipinski definition) is 2. The second kappa shape index (κ2) is 4.89. The molecule has 18 heavy (non-hydrogen) atoms. The second-order valence-corrected chi connectivity index (χ2v) is 4.59. The van der Waals surface area contributed by atoms with E-state index in [0.717, 1.165) is 26.9 Å². The maximum Gasteiger partial charge on any atom is 0.141 e. The molecule has 0 saturated heterocycles. The van der Waals surface area contributed by atoms with Gasteiger partial charge in [0.1, 0.15) is 17.3 Å². The number of aromatic nitrogens is 2. The second-order valence-electron chi connectivity index (χ2n) is 3.80. The molecular weight excluding hydrogens is 298 g/mol. The van der Waals surface area contributed by atoms with Gasteiger partial charge in [0.15, 0.2) is 0 Å². The maximum absolute atomic E-state index is 5.85. The number of aromatic amines is 1. The fourth-order valence-corrected chi connectivity index (χ4v) is 2.39. The third kappa shape index (κ3) is 1.92. The van der Waals surface area contributed by atoms with Crippen molar-refractivity contribution in [3.63, 3.8) is 0 Å². The van der Waals surface area contributed by atoms with Crippen LogP contribution in [0.15, 0.2) is 16.7 Å². The number of nitrogens with zero attached hydrogens (tertiary/aromatic N) is 1. The van der Waals surface area contributed by atoms with Gasteiger partial charge in [0, 0.05) is 16.7 Å². The fourth-order valence-electron chi connectivity index (χ4n) is 1.82. The Morgan fingerprint density at radius 2 is 2.00 bits per heavy atom. The number of ether oxygens (including phenoxy) is 2. The van der Waals surface area contributed by atoms with Crippen LogP contribution in [0.5, 0.6) is 11.5 Å². The van der Waals surface area contributed by atoms with E-state index >= 15 is 0 Å². The summed E-state index contributed by atoms with van der Waals surface area (Å²) < 4.78 is 11.6. The van der Waals surface area contributed by atoms with Crippen molar-refractivity contribution in [1.29, 1.82) is 0 Å². The lowest BCUT2D eigenvalue weighted by Gasteiger charge is -2.15. The third-order valence-electron chi connectivity index (χ3n) is 2.80. The molecule has 0 unspecified atom stereocenters. The average Bonchev–Trinajstić information content (AvgIpc) is 2.78. The Balaban J connectivity index is 2.74. The molecule has 5 nitrogen and oxygen atoms in total. The molecular formula is C12H14BrN3O2. The fraction of sp³-hybridized carbons (Fsp3) is 0.250. The van der Waals surface area contributed by atoms with Gasteiger partial charge in [0.2, 0.25) is 0 Å². The van der Waals surface area contributed by atoms with Gasteiger partial charge in [-0.15, -0.1) is 0 Å². The van der Waals surface area contributed by atoms with Crippen molar-refractivity contribution in [3.8, 4) is 22.6 Å². The van der Waals surface area contributed by atoms with E-state index in [1.54, 1.807) is 20.4 Å². The van der Waals surface area contributed by atoms with Gasteiger partial charge in [-0.2, -0.15) is 5.10 Å². The van der Waals surface area contributed by atoms with Gasteiger partial charge < -0.3 is 15.2 Å². The zero-order valence-corrected chi connectivity index (χ0v) is 12.0. The lowest BCUT2D eigenvalue weighted by atomic mass is 10.0. The summed E-state index contributed by atoms with van der Waals surface area (Å²) in [6.45, 7) is 1.95. The molecule has 1 heterocycles. The Hall–Kier alpha value is -1.69. The van der Waals surface area contributed by atoms with Crippen molar-refractivity contribution in [1.82, 2.24) is 10.2 Å². The molecule has 2 rings (SSSR count). The number of nitrogen functional groups attached to an aromatic ring is 1. The summed E-state index contributed by atoms with van der Waals surface area (Å²) in [7, 11) is 3.25. The molecule has 2 aromatic rings. The van der Waals surface area contributed by atoms with E-state index in [-0.39, 0.29) is 0 Å². The molecule has 0 aliphatic carbocycles. The quantitative estimate of drug-likeness (QED) is 0.914. The van der Waals surface area contributed by atoms with Crippen LogP contribution in [0.4, 0.5) is 5.82 Å². The molecule has 0 aliphatic heterocycles. The number of halogens is 1. The van der Waals surface area contributed by atoms with Crippen molar-refractivity contribution in [2.24, 2.45) is 0 Å². The van der Waals surface area contributed by atoms with E-state index in [9.17, 15) is 0 Å². The summed E-state index contributed by atoms with van der Waals surface area (Å²) in [5.74, 6) is 1.96. The number of anilines is 1. The predicted molar refractivity (Wildman–Crippen MR) is 74.0 cm³/mol. The van der Waals surface area contributed by atoms with Crippen LogP contribution in [0.3, 0.4) is 0 Å². The molecule has 0 aliphatic rings. The first-order valence-electron chi connectivity index (χ1n) is 5.30. The standard InChI is InChI=1S/C12H14BrN3O2/c1-6-9(17-2)4-7(11(18-3)10(6)13)8-5-15-16-12(8)14/h4-5H,1-3H3,(H3,14,15,16). The Morgan fingerprint density at radius 3 is 2.50 bits per heavy atom. The van der Waals surface area contributed by atoms with E-state index in [1.165, 1.54) is 0 Å². The third-order valence-corrected chi connectivity index (χ3v) is 3.76. The van der Waals surface area contributed by atoms with Gasteiger partial charge in [-0.3, -0.25) is 5.10 Å². The van der Waals surface area contributed by atoms with Crippen LogP contribution < -0.4 is 15.2 Å². The molecule has 6 heteroatoms. The first-order valence-corrected chi connectivity index (χ1v) is 6.09. The molecule has 1 aromatic carbocycles. The van der Waals surface area contributed by atoms with E-state index < -0.39 is 0 Å². The van der Waals surface area contributed by atoms with Crippen molar-refractivity contribution < 1.29 is 9.47 Å². The Labute approximate surface area is 113 Å². The van der Waals surface area contributed by atoms with E-state index in [4.69, 9.17) is 15.2 Å². The minimum Gasteiger partial charge on any atom is -0.496 e. The van der Waals surface area contributed by atoms with Crippen molar-refractivity contribution in [2.75, 3.05) is 20.0 Å². The lowest BCUT2D eigenvalue weighted by Crippen LogP contribution is -1.96. The van der Waals surface area contributed by atoms with Crippen LogP contribution in [-0.2, 0) is 0 Å². The largest absolute Gasteiger partial charge is 0.496 e. The molecule has 0 spiro atoms. The van der Waals surface area contributed by atoms with Gasteiger partial charge in [-0.1, -0.05) is 0 Å². The topological polar surface area (TPSA) is 73.2 Å². The molecule has 3 N–H and O–H groups in total. The van der Waals surface area contributed by atoms with E-state index in [1.807, 2.05) is 13.0 Å². The SMILES string of the molecule is COc1cc(-c2cn[nH]c2N)c(OC)c(Br)c1C. The Morgan fingerprint density at radius 1 is 1.28 bits per heavy atom. The van der Waals surface area contributed by atoms with Crippen LogP contribution in [-0.4, -0.2) is 24.4 Å². The Bertz CT molecular complexity index is 581. The molecule has 0 atom stereocenters. The summed E-state index contributed by atoms with van der Waals surface area (Å²) in [6, 6.07) is 1.89. The highest BCUT2D eigenvalue weighted by Gasteiger charge is 2.18. The monoisotopic (exact) mass is 311 g/mol. The van der Waals surface area contributed by atoms with Crippen molar-refractivity contribution in [2.45, 2.75) is 6.92 Å². The number of benzene rings is 1. The summed E-state index contributed by atoms with van der Waals surface area (Å²) in [5.41, 5.74) is 8.43. The van der Waals surface area contributed by atoms with Crippen LogP contribution >= 0.6 is 15.9 Å². The average molecular weight is 312 g/mol. The molecule has 0 saturated carbocycles. The van der Waals surface area contributed by atoms with Crippen LogP contribution in [0.1, 0.15) is 5.56 Å². The highest BCUT2D eigenvalue weighted by molar-refractivity contribution is 9.10. The molecule has 0 bridgehead atoms. The van der Waals surface area contributed by atoms with Gasteiger partial charge >= 0.3 is 0 Å². The number of rotatable bonds is 3. The summed E-state index contributed by atoms with van der Waals surface area (Å²) in [4.78, 5) is 0. The number of nitrogens with one attached hydrogen (secondary N) is 1. The normalized spacial score (nSPS) is 10.4. The van der Waals surface area contributed by atoms with Gasteiger partial charge in [-0.05, 0) is 28.9 Å². The summed E-state index contributed by atoms with van der Waals surface area (Å²) in [6.07, 6.45) is 1.66. The number of nitrogens with two attached hydrogens (primary N) is 1. The van der Waals surface area contributed by atoms with Crippen LogP contribution in [0, 0.1) is 6.92 Å². The van der Waals surface area contributed by atoms with Crippen LogP contribution in [0.25, 0.3) is 11.1 Å². The summed E-state index contributed by atoms with van der Waals surface area (Å²) >= 11 is 3.52. The minimum absolute atomic E-state index is 0.492. The van der Waals surface area contributed by atoms with E-state index in [0.29, 0.717) is 11.6 Å². The number of hydrogen-bond acceptors (Lipinski definition) is 4. The molecule has 0 radical (unpaired) electrons. The maximum atomic E-state index is 5.85. The smallest absolute Gasteiger partial charge is 0.141 e. The highest BCUT2D eigenvalue weighted by Crippen LogP contribution is 2.43. The van der Waals surface area contributed by atoms with Crippen LogP contribution in [0.2, 0.25) is 0 Å². The highest BCUT2D eigenvalue weighted by atomic mass is 79.9. The zero-order valence-electron chi connectivity index (χ0n) is 10.4. The van der Waals surface area contributed by atoms with E-state index in [2.05, 4.69) is 26.1 Å². The van der Waals surface area contributed by atoms with Gasteiger partial charge in [-0.25, -0.2) is 0 Å². The van der Waals surface area contributed by atoms with Crippen molar-refractivity contribution >= 4 is 21.7 Å². The zero-order chi connectivity index (χ0) is 13.3. The molecule has 96 valence electrons. The first kappa shape index (κ1) is 12.8. The molecule has 0 fully saturated rings. The summed E-state index contributed by atoms with van der Waals surface area (Å²) in [5, 5.41) is 6.63. The first-order chi connectivity index (χ1) is 8.60. The molecule has 0 amide bonds.